The first-order valence-corrected chi connectivity index (χ1v) is 18.5. The lowest BCUT2D eigenvalue weighted by atomic mass is 9.85. The fourth-order valence-electron chi connectivity index (χ4n) is 5.83. The van der Waals surface area contributed by atoms with Gasteiger partial charge < -0.3 is 46.0 Å². The van der Waals surface area contributed by atoms with E-state index in [1.807, 2.05) is 0 Å². The van der Waals surface area contributed by atoms with Crippen molar-refractivity contribution in [2.45, 2.75) is 64.1 Å². The third-order valence-electron chi connectivity index (χ3n) is 8.73. The van der Waals surface area contributed by atoms with Crippen LogP contribution in [0.5, 0.6) is 0 Å². The number of anilines is 3. The van der Waals surface area contributed by atoms with Gasteiger partial charge in [-0.2, -0.15) is 4.98 Å². The van der Waals surface area contributed by atoms with Crippen LogP contribution >= 0.6 is 23.2 Å². The third-order valence-corrected chi connectivity index (χ3v) is 9.44. The number of aldehydes is 1. The molecule has 0 saturated heterocycles. The second-order valence-electron chi connectivity index (χ2n) is 12.6. The van der Waals surface area contributed by atoms with Crippen molar-refractivity contribution in [2.75, 3.05) is 42.7 Å². The minimum absolute atomic E-state index is 0.0428. The number of aromatic nitrogens is 2. The number of nitrogen functional groups attached to an aromatic ring is 1. The van der Waals surface area contributed by atoms with Gasteiger partial charge in [-0.25, -0.2) is 9.59 Å². The predicted molar refractivity (Wildman–Crippen MR) is 206 cm³/mol. The number of halogens is 2. The van der Waals surface area contributed by atoms with Crippen molar-refractivity contribution in [1.82, 2.24) is 20.6 Å². The van der Waals surface area contributed by atoms with E-state index in [4.69, 9.17) is 43.1 Å². The number of rotatable bonds is 19. The van der Waals surface area contributed by atoms with Crippen LogP contribution in [0.25, 0.3) is 0 Å². The van der Waals surface area contributed by atoms with Crippen molar-refractivity contribution in [3.05, 3.63) is 79.6 Å². The van der Waals surface area contributed by atoms with Crippen LogP contribution in [0, 0.1) is 5.92 Å². The smallest absolute Gasteiger partial charge is 0.328 e. The van der Waals surface area contributed by atoms with Crippen molar-refractivity contribution >= 4 is 76.7 Å². The third kappa shape index (κ3) is 11.9. The van der Waals surface area contributed by atoms with Crippen LogP contribution in [0.15, 0.2) is 47.3 Å². The topological polar surface area (TPSA) is 250 Å². The number of nitrogens with one attached hydrogen (secondary N) is 5. The SMILES string of the molecule is CCOC(=O)CC[C@H](NC(=O)CC[C@H](NC(=O)c1ccc(NC[C@@H]2CNc3nc(N)[nH]c(=O)c3C2C=O)cc1)C(=O)OCc1c(Cl)cccc1Cl)C(=O)OCC. The van der Waals surface area contributed by atoms with Crippen LogP contribution in [0.3, 0.4) is 0 Å². The highest BCUT2D eigenvalue weighted by molar-refractivity contribution is 6.36. The van der Waals surface area contributed by atoms with E-state index in [1.54, 1.807) is 44.2 Å². The molecule has 300 valence electrons. The molecular weight excluding hydrogens is 773 g/mol. The lowest BCUT2D eigenvalue weighted by Crippen LogP contribution is -2.45. The minimum Gasteiger partial charge on any atom is -0.466 e. The number of nitrogens with zero attached hydrogens (tertiary/aromatic N) is 1. The number of ether oxygens (including phenoxy) is 3. The van der Waals surface area contributed by atoms with E-state index in [9.17, 15) is 33.6 Å². The Bertz CT molecular complexity index is 1940. The van der Waals surface area contributed by atoms with Crippen LogP contribution in [-0.2, 0) is 44.8 Å². The molecule has 2 aromatic carbocycles. The molecular formula is C37H43Cl2N7O10. The summed E-state index contributed by atoms with van der Waals surface area (Å²) >= 11 is 12.5. The van der Waals surface area contributed by atoms with Crippen molar-refractivity contribution in [1.29, 1.82) is 0 Å². The lowest BCUT2D eigenvalue weighted by Gasteiger charge is -2.30. The zero-order chi connectivity index (χ0) is 40.8. The maximum absolute atomic E-state index is 13.4. The van der Waals surface area contributed by atoms with Crippen LogP contribution in [0.2, 0.25) is 10.0 Å². The molecule has 1 unspecified atom stereocenters. The van der Waals surface area contributed by atoms with Crippen molar-refractivity contribution in [2.24, 2.45) is 5.92 Å². The van der Waals surface area contributed by atoms with Gasteiger partial charge >= 0.3 is 17.9 Å². The van der Waals surface area contributed by atoms with E-state index in [2.05, 4.69) is 31.2 Å². The van der Waals surface area contributed by atoms with E-state index < -0.39 is 53.3 Å². The molecule has 0 saturated carbocycles. The molecule has 2 amide bonds. The van der Waals surface area contributed by atoms with Gasteiger partial charge in [0.2, 0.25) is 11.9 Å². The van der Waals surface area contributed by atoms with Crippen LogP contribution in [-0.4, -0.2) is 84.4 Å². The quantitative estimate of drug-likeness (QED) is 0.0578. The molecule has 4 rings (SSSR count). The maximum Gasteiger partial charge on any atom is 0.328 e. The number of carbonyl (C=O) groups excluding carboxylic acids is 6. The van der Waals surface area contributed by atoms with Crippen LogP contribution < -0.4 is 32.6 Å². The number of H-pyrrole nitrogens is 1. The second-order valence-corrected chi connectivity index (χ2v) is 13.4. The van der Waals surface area contributed by atoms with Gasteiger partial charge in [0.25, 0.3) is 11.5 Å². The van der Waals surface area contributed by atoms with E-state index in [0.717, 1.165) is 0 Å². The molecule has 0 aliphatic carbocycles. The molecule has 3 aromatic rings. The highest BCUT2D eigenvalue weighted by Gasteiger charge is 2.33. The normalized spacial score (nSPS) is 15.5. The van der Waals surface area contributed by atoms with E-state index >= 15 is 0 Å². The first kappa shape index (κ1) is 43.1. The number of hydrogen-bond donors (Lipinski definition) is 6. The first-order chi connectivity index (χ1) is 26.8. The Morgan fingerprint density at radius 3 is 2.23 bits per heavy atom. The fourth-order valence-corrected chi connectivity index (χ4v) is 6.34. The zero-order valence-corrected chi connectivity index (χ0v) is 32.2. The molecule has 56 heavy (non-hydrogen) atoms. The molecule has 4 atom stereocenters. The summed E-state index contributed by atoms with van der Waals surface area (Å²) < 4.78 is 15.4. The highest BCUT2D eigenvalue weighted by atomic mass is 35.5. The number of esters is 3. The molecule has 0 bridgehead atoms. The Morgan fingerprint density at radius 1 is 0.929 bits per heavy atom. The summed E-state index contributed by atoms with van der Waals surface area (Å²) in [5, 5.41) is 11.9. The summed E-state index contributed by atoms with van der Waals surface area (Å²) in [6.45, 7) is 3.74. The number of benzene rings is 2. The number of aromatic amines is 1. The first-order valence-electron chi connectivity index (χ1n) is 17.8. The molecule has 2 heterocycles. The zero-order valence-electron chi connectivity index (χ0n) is 30.7. The molecule has 0 radical (unpaired) electrons. The summed E-state index contributed by atoms with van der Waals surface area (Å²) in [4.78, 5) is 95.3. The monoisotopic (exact) mass is 815 g/mol. The summed E-state index contributed by atoms with van der Waals surface area (Å²) in [5.74, 6) is -4.34. The van der Waals surface area contributed by atoms with Gasteiger partial charge in [0.15, 0.2) is 0 Å². The van der Waals surface area contributed by atoms with Gasteiger partial charge in [-0.1, -0.05) is 29.3 Å². The summed E-state index contributed by atoms with van der Waals surface area (Å²) in [5.41, 5.74) is 6.45. The van der Waals surface area contributed by atoms with Crippen molar-refractivity contribution < 1.29 is 43.0 Å². The van der Waals surface area contributed by atoms with Crippen molar-refractivity contribution in [3.8, 4) is 0 Å². The Balaban J connectivity index is 1.42. The standard InChI is InChI=1S/C37H43Cl2N7O10/c1-3-54-30(49)15-13-27(35(52)55-4-2)43-29(48)14-12-28(36(53)56-19-24-25(38)6-5-7-26(24)39)44-33(50)20-8-10-22(11-9-20)41-16-21-17-42-32-31(23(21)18-47)34(51)46-37(40)45-32/h5-11,18,21,23,27-28,41H,3-4,12-17,19H2,1-2H3,(H,43,48)(H,44,50)(H4,40,42,45,46,51)/t21-,23?,27+,28+/m1/s1. The fraction of sp³-hybridized carbons (Fsp3) is 0.405. The largest absolute Gasteiger partial charge is 0.466 e. The van der Waals surface area contributed by atoms with Gasteiger partial charge in [0, 0.05) is 58.7 Å². The molecule has 0 fully saturated rings. The van der Waals surface area contributed by atoms with E-state index in [0.29, 0.717) is 24.1 Å². The number of hydrogen-bond acceptors (Lipinski definition) is 14. The van der Waals surface area contributed by atoms with Gasteiger partial charge in [-0.05, 0) is 63.1 Å². The number of amides is 2. The number of nitrogens with two attached hydrogens (primary N) is 1. The molecule has 1 aromatic heterocycles. The van der Waals surface area contributed by atoms with Gasteiger partial charge in [-0.15, -0.1) is 0 Å². The highest BCUT2D eigenvalue weighted by Crippen LogP contribution is 2.31. The van der Waals surface area contributed by atoms with Gasteiger partial charge in [0.05, 0.1) is 24.7 Å². The Labute approximate surface area is 331 Å². The van der Waals surface area contributed by atoms with Gasteiger partial charge in [-0.3, -0.25) is 24.2 Å². The molecule has 19 heteroatoms. The lowest BCUT2D eigenvalue weighted by molar-refractivity contribution is -0.150. The van der Waals surface area contributed by atoms with Crippen LogP contribution in [0.4, 0.5) is 17.5 Å². The average Bonchev–Trinajstić information content (AvgIpc) is 3.16. The molecule has 17 nitrogen and oxygen atoms in total. The van der Waals surface area contributed by atoms with Gasteiger partial charge in [0.1, 0.15) is 30.8 Å². The summed E-state index contributed by atoms with van der Waals surface area (Å²) in [7, 11) is 0. The summed E-state index contributed by atoms with van der Waals surface area (Å²) in [6, 6.07) is 8.53. The molecule has 0 spiro atoms. The minimum atomic E-state index is -1.33. The Kier molecular flexibility index (Phi) is 16.0. The molecule has 1 aliphatic heterocycles. The number of fused-ring (bicyclic) bond motifs is 1. The molecule has 1 aliphatic rings. The number of carbonyl (C=O) groups is 6. The van der Waals surface area contributed by atoms with E-state index in [-0.39, 0.29) is 90.9 Å². The Morgan fingerprint density at radius 2 is 1.57 bits per heavy atom. The van der Waals surface area contributed by atoms with Crippen molar-refractivity contribution in [3.63, 3.8) is 0 Å². The predicted octanol–water partition coefficient (Wildman–Crippen LogP) is 3.11. The summed E-state index contributed by atoms with van der Waals surface area (Å²) in [6.07, 6.45) is -0.0949. The second kappa shape index (κ2) is 20.8. The average molecular weight is 817 g/mol. The van der Waals surface area contributed by atoms with Crippen LogP contribution in [0.1, 0.15) is 66.9 Å². The Hall–Kier alpha value is -5.68. The van der Waals surface area contributed by atoms with E-state index in [1.165, 1.54) is 12.1 Å². The maximum atomic E-state index is 13.4. The molecule has 7 N–H and O–H groups in total.